The molecule has 2 aromatic heterocycles. The van der Waals surface area contributed by atoms with E-state index in [-0.39, 0.29) is 12.2 Å². The molecule has 2 aromatic rings. The summed E-state index contributed by atoms with van der Waals surface area (Å²) in [6, 6.07) is 2.18. The van der Waals surface area contributed by atoms with Crippen LogP contribution in [0.5, 0.6) is 0 Å². The van der Waals surface area contributed by atoms with Gasteiger partial charge in [0.1, 0.15) is 6.67 Å². The number of halogens is 1. The summed E-state index contributed by atoms with van der Waals surface area (Å²) in [6.07, 6.45) is 5.85. The zero-order valence-electron chi connectivity index (χ0n) is 15.3. The Morgan fingerprint density at radius 2 is 2.04 bits per heavy atom. The molecule has 3 heterocycles. The monoisotopic (exact) mass is 365 g/mol. The molecular formula is C18H28FN5S. The van der Waals surface area contributed by atoms with Crippen molar-refractivity contribution in [3.05, 3.63) is 24.2 Å². The number of fused-ring (bicyclic) bond motifs is 1. The number of alkyl halides is 1. The molecule has 2 N–H and O–H groups in total. The maximum atomic E-state index is 13.1. The highest BCUT2D eigenvalue weighted by molar-refractivity contribution is 7.97. The van der Waals surface area contributed by atoms with Gasteiger partial charge in [-0.05, 0) is 37.8 Å². The van der Waals surface area contributed by atoms with Crippen molar-refractivity contribution in [3.8, 4) is 0 Å². The van der Waals surface area contributed by atoms with Gasteiger partial charge < -0.3 is 14.6 Å². The standard InChI is InChI=1S/C16H22FN5S.C2H6/c1-12-9-19-15-14(21-6-4-18-5-7-21)8-13(10-22(12)15)23-20-16(11-17)2-3-16;1-2/h8-10,18,20H,2-7,11H2,1H3;1-2H3. The molecule has 0 unspecified atom stereocenters. The second kappa shape index (κ2) is 7.93. The van der Waals surface area contributed by atoms with Crippen molar-refractivity contribution in [1.82, 2.24) is 19.4 Å². The minimum absolute atomic E-state index is 0.293. The third kappa shape index (κ3) is 3.93. The van der Waals surface area contributed by atoms with Gasteiger partial charge in [0.2, 0.25) is 0 Å². The lowest BCUT2D eigenvalue weighted by molar-refractivity contribution is 0.402. The summed E-state index contributed by atoms with van der Waals surface area (Å²) in [5.74, 6) is 0. The molecule has 138 valence electrons. The van der Waals surface area contributed by atoms with E-state index in [9.17, 15) is 4.39 Å². The summed E-state index contributed by atoms with van der Waals surface area (Å²) in [5.41, 5.74) is 2.99. The van der Waals surface area contributed by atoms with Crippen LogP contribution in [0.15, 0.2) is 23.4 Å². The highest BCUT2D eigenvalue weighted by Gasteiger charge is 2.42. The van der Waals surface area contributed by atoms with E-state index < -0.39 is 0 Å². The van der Waals surface area contributed by atoms with Gasteiger partial charge in [0.25, 0.3) is 0 Å². The summed E-state index contributed by atoms with van der Waals surface area (Å²) in [7, 11) is 0. The molecule has 1 aliphatic carbocycles. The SMILES string of the molecule is CC.Cc1cnc2c(N3CCNCC3)cc(SNC3(CF)CC3)cn12. The summed E-state index contributed by atoms with van der Waals surface area (Å²) in [5, 5.41) is 3.39. The minimum atomic E-state index is -0.295. The van der Waals surface area contributed by atoms with Gasteiger partial charge in [-0.2, -0.15) is 0 Å². The number of hydrogen-bond acceptors (Lipinski definition) is 5. The number of anilines is 1. The highest BCUT2D eigenvalue weighted by atomic mass is 32.2. The molecule has 2 aliphatic rings. The van der Waals surface area contributed by atoms with Crippen molar-refractivity contribution in [1.29, 1.82) is 0 Å². The van der Waals surface area contributed by atoms with Crippen LogP contribution < -0.4 is 14.9 Å². The van der Waals surface area contributed by atoms with Crippen LogP contribution in [0, 0.1) is 6.92 Å². The number of rotatable bonds is 5. The van der Waals surface area contributed by atoms with E-state index in [0.717, 1.165) is 60.9 Å². The van der Waals surface area contributed by atoms with Crippen LogP contribution in [-0.4, -0.2) is 47.8 Å². The Bertz CT molecular complexity index is 707. The smallest absolute Gasteiger partial charge is 0.160 e. The normalized spacial score (nSPS) is 18.8. The van der Waals surface area contributed by atoms with Crippen molar-refractivity contribution in [3.63, 3.8) is 0 Å². The lowest BCUT2D eigenvalue weighted by Crippen LogP contribution is -2.43. The molecule has 2 fully saturated rings. The topological polar surface area (TPSA) is 44.6 Å². The Hall–Kier alpha value is -1.31. The van der Waals surface area contributed by atoms with Gasteiger partial charge >= 0.3 is 0 Å². The average molecular weight is 366 g/mol. The molecule has 0 amide bonds. The molecule has 0 spiro atoms. The molecular weight excluding hydrogens is 337 g/mol. The van der Waals surface area contributed by atoms with Crippen LogP contribution >= 0.6 is 11.9 Å². The quantitative estimate of drug-likeness (QED) is 0.797. The van der Waals surface area contributed by atoms with Crippen molar-refractivity contribution in [2.75, 3.05) is 37.8 Å². The van der Waals surface area contributed by atoms with Gasteiger partial charge in [0, 0.05) is 49.2 Å². The summed E-state index contributed by atoms with van der Waals surface area (Å²) < 4.78 is 18.5. The lowest BCUT2D eigenvalue weighted by Gasteiger charge is -2.30. The Morgan fingerprint density at radius 1 is 1.32 bits per heavy atom. The van der Waals surface area contributed by atoms with E-state index in [1.54, 1.807) is 0 Å². The molecule has 5 nitrogen and oxygen atoms in total. The van der Waals surface area contributed by atoms with Crippen LogP contribution in [-0.2, 0) is 0 Å². The molecule has 1 aliphatic heterocycles. The number of hydrogen-bond donors (Lipinski definition) is 2. The first-order valence-electron chi connectivity index (χ1n) is 9.14. The maximum Gasteiger partial charge on any atom is 0.160 e. The summed E-state index contributed by atoms with van der Waals surface area (Å²) >= 11 is 1.54. The number of piperazine rings is 1. The van der Waals surface area contributed by atoms with E-state index in [4.69, 9.17) is 0 Å². The first-order chi connectivity index (χ1) is 12.2. The third-order valence-electron chi connectivity index (χ3n) is 4.70. The molecule has 1 saturated carbocycles. The molecule has 0 atom stereocenters. The molecule has 0 bridgehead atoms. The molecule has 25 heavy (non-hydrogen) atoms. The van der Waals surface area contributed by atoms with Crippen LogP contribution in [0.1, 0.15) is 32.4 Å². The van der Waals surface area contributed by atoms with Crippen LogP contribution in [0.4, 0.5) is 10.1 Å². The van der Waals surface area contributed by atoms with Crippen LogP contribution in [0.25, 0.3) is 5.65 Å². The average Bonchev–Trinajstić information content (AvgIpc) is 3.38. The fourth-order valence-corrected chi connectivity index (χ4v) is 3.86. The van der Waals surface area contributed by atoms with Gasteiger partial charge in [-0.25, -0.2) is 9.37 Å². The molecule has 7 heteroatoms. The Balaban J connectivity index is 0.000000880. The van der Waals surface area contributed by atoms with E-state index in [1.807, 2.05) is 20.0 Å². The second-order valence-electron chi connectivity index (χ2n) is 6.51. The van der Waals surface area contributed by atoms with Crippen LogP contribution in [0.3, 0.4) is 0 Å². The van der Waals surface area contributed by atoms with Gasteiger partial charge in [-0.15, -0.1) is 0 Å². The predicted octanol–water partition coefficient (Wildman–Crippen LogP) is 3.18. The fourth-order valence-electron chi connectivity index (χ4n) is 2.94. The zero-order chi connectivity index (χ0) is 17.9. The fraction of sp³-hybridized carbons (Fsp3) is 0.611. The van der Waals surface area contributed by atoms with Crippen molar-refractivity contribution in [2.24, 2.45) is 0 Å². The van der Waals surface area contributed by atoms with Gasteiger partial charge in [0.15, 0.2) is 5.65 Å². The Morgan fingerprint density at radius 3 is 2.68 bits per heavy atom. The molecule has 4 rings (SSSR count). The third-order valence-corrected chi connectivity index (χ3v) is 5.69. The first-order valence-corrected chi connectivity index (χ1v) is 9.96. The summed E-state index contributed by atoms with van der Waals surface area (Å²) in [6.45, 7) is 9.72. The number of imidazole rings is 1. The lowest BCUT2D eigenvalue weighted by atomic mass is 10.3. The van der Waals surface area contributed by atoms with Gasteiger partial charge in [0.05, 0.1) is 11.2 Å². The molecule has 0 radical (unpaired) electrons. The first kappa shape index (κ1) is 18.5. The number of nitrogens with one attached hydrogen (secondary N) is 2. The number of aromatic nitrogens is 2. The molecule has 0 aromatic carbocycles. The van der Waals surface area contributed by atoms with Gasteiger partial charge in [-0.1, -0.05) is 13.8 Å². The van der Waals surface area contributed by atoms with E-state index in [2.05, 4.69) is 43.5 Å². The van der Waals surface area contributed by atoms with Crippen molar-refractivity contribution in [2.45, 2.75) is 44.0 Å². The Kier molecular flexibility index (Phi) is 5.86. The number of pyridine rings is 1. The largest absolute Gasteiger partial charge is 0.366 e. The van der Waals surface area contributed by atoms with Crippen LogP contribution in [0.2, 0.25) is 0 Å². The summed E-state index contributed by atoms with van der Waals surface area (Å²) in [4.78, 5) is 8.07. The Labute approximate surface area is 153 Å². The van der Waals surface area contributed by atoms with E-state index in [1.165, 1.54) is 11.9 Å². The van der Waals surface area contributed by atoms with Crippen molar-refractivity contribution >= 4 is 23.3 Å². The number of aryl methyl sites for hydroxylation is 1. The van der Waals surface area contributed by atoms with E-state index >= 15 is 0 Å². The number of nitrogens with zero attached hydrogens (tertiary/aromatic N) is 3. The van der Waals surface area contributed by atoms with E-state index in [0.29, 0.717) is 0 Å². The maximum absolute atomic E-state index is 13.1. The second-order valence-corrected chi connectivity index (χ2v) is 7.39. The predicted molar refractivity (Wildman–Crippen MR) is 103 cm³/mol. The van der Waals surface area contributed by atoms with Crippen molar-refractivity contribution < 1.29 is 4.39 Å². The van der Waals surface area contributed by atoms with Gasteiger partial charge in [-0.3, -0.25) is 4.72 Å². The zero-order valence-corrected chi connectivity index (χ0v) is 16.1. The minimum Gasteiger partial charge on any atom is -0.366 e. The molecule has 1 saturated heterocycles. The highest BCUT2D eigenvalue weighted by Crippen LogP contribution is 2.39.